The van der Waals surface area contributed by atoms with Gasteiger partial charge in [-0.05, 0) is 47.0 Å². The number of fused-ring (bicyclic) bond motifs is 1. The van der Waals surface area contributed by atoms with Crippen molar-refractivity contribution in [2.75, 3.05) is 54.0 Å². The first-order valence-electron chi connectivity index (χ1n) is 13.5. The maximum atomic E-state index is 13.6. The van der Waals surface area contributed by atoms with Gasteiger partial charge < -0.3 is 14.5 Å². The molecule has 1 saturated heterocycles. The predicted octanol–water partition coefficient (Wildman–Crippen LogP) is 4.62. The van der Waals surface area contributed by atoms with E-state index in [9.17, 15) is 14.4 Å². The number of benzene rings is 3. The zero-order valence-corrected chi connectivity index (χ0v) is 25.0. The molecule has 0 N–H and O–H groups in total. The van der Waals surface area contributed by atoms with Gasteiger partial charge >= 0.3 is 4.87 Å². The smallest absolute Gasteiger partial charge is 0.308 e. The van der Waals surface area contributed by atoms with Crippen LogP contribution in [0.2, 0.25) is 5.02 Å². The van der Waals surface area contributed by atoms with Crippen LogP contribution < -0.4 is 4.87 Å². The first kappa shape index (κ1) is 29.0. The molecule has 1 aliphatic rings. The van der Waals surface area contributed by atoms with E-state index in [4.69, 9.17) is 16.3 Å². The molecule has 1 atom stereocenters. The Morgan fingerprint density at radius 1 is 0.951 bits per heavy atom. The minimum Gasteiger partial charge on any atom is -0.379 e. The van der Waals surface area contributed by atoms with Gasteiger partial charge in [-0.2, -0.15) is 0 Å². The van der Waals surface area contributed by atoms with Crippen LogP contribution in [0.4, 0.5) is 0 Å². The van der Waals surface area contributed by atoms with E-state index in [1.54, 1.807) is 43.1 Å². The molecule has 214 valence electrons. The van der Waals surface area contributed by atoms with E-state index in [2.05, 4.69) is 17.0 Å². The summed E-state index contributed by atoms with van der Waals surface area (Å²) in [5, 5.41) is 0.522. The Hall–Kier alpha value is -3.50. The van der Waals surface area contributed by atoms with E-state index in [1.807, 2.05) is 42.5 Å². The molecule has 2 amide bonds. The molecule has 0 radical (unpaired) electrons. The fourth-order valence-electron chi connectivity index (χ4n) is 5.05. The molecule has 1 aromatic heterocycles. The van der Waals surface area contributed by atoms with Crippen molar-refractivity contribution in [2.45, 2.75) is 12.6 Å². The Morgan fingerprint density at radius 3 is 2.22 bits per heavy atom. The van der Waals surface area contributed by atoms with E-state index in [1.165, 1.54) is 4.57 Å². The number of aromatic nitrogens is 1. The molecule has 41 heavy (non-hydrogen) atoms. The van der Waals surface area contributed by atoms with Gasteiger partial charge in [-0.25, -0.2) is 0 Å². The average molecular weight is 593 g/mol. The number of morpholine rings is 1. The largest absolute Gasteiger partial charge is 0.379 e. The van der Waals surface area contributed by atoms with Crippen LogP contribution in [-0.4, -0.2) is 85.1 Å². The number of nitrogens with zero attached hydrogens (tertiary/aromatic N) is 4. The summed E-state index contributed by atoms with van der Waals surface area (Å²) in [5.74, 6) is -0.193. The molecule has 1 fully saturated rings. The van der Waals surface area contributed by atoms with Gasteiger partial charge in [0.25, 0.3) is 5.91 Å². The molecule has 0 bridgehead atoms. The van der Waals surface area contributed by atoms with Gasteiger partial charge in [-0.1, -0.05) is 59.3 Å². The lowest BCUT2D eigenvalue weighted by molar-refractivity contribution is -0.133. The lowest BCUT2D eigenvalue weighted by Crippen LogP contribution is -2.44. The van der Waals surface area contributed by atoms with Crippen LogP contribution in [0.3, 0.4) is 0 Å². The summed E-state index contributed by atoms with van der Waals surface area (Å²) in [7, 11) is 5.27. The van der Waals surface area contributed by atoms with Crippen molar-refractivity contribution in [3.05, 3.63) is 92.5 Å². The summed E-state index contributed by atoms with van der Waals surface area (Å²) in [6, 6.07) is 20.8. The number of carbonyl (C=O) groups is 2. The second kappa shape index (κ2) is 12.6. The van der Waals surface area contributed by atoms with Crippen molar-refractivity contribution in [2.24, 2.45) is 0 Å². The Labute approximate surface area is 248 Å². The van der Waals surface area contributed by atoms with Crippen LogP contribution in [0.15, 0.2) is 71.5 Å². The van der Waals surface area contributed by atoms with Crippen LogP contribution in [0.1, 0.15) is 22.0 Å². The van der Waals surface area contributed by atoms with Crippen LogP contribution in [-0.2, 0) is 16.1 Å². The zero-order valence-electron chi connectivity index (χ0n) is 23.4. The molecule has 0 aliphatic carbocycles. The quantitative estimate of drug-likeness (QED) is 0.299. The number of halogens is 1. The number of hydrogen-bond donors (Lipinski definition) is 0. The van der Waals surface area contributed by atoms with Crippen molar-refractivity contribution in [3.63, 3.8) is 0 Å². The van der Waals surface area contributed by atoms with Gasteiger partial charge in [0.1, 0.15) is 6.54 Å². The lowest BCUT2D eigenvalue weighted by Gasteiger charge is -2.35. The van der Waals surface area contributed by atoms with Crippen LogP contribution in [0.25, 0.3) is 21.3 Å². The monoisotopic (exact) mass is 592 g/mol. The average Bonchev–Trinajstić information content (AvgIpc) is 3.29. The van der Waals surface area contributed by atoms with Gasteiger partial charge in [-0.15, -0.1) is 0 Å². The fourth-order valence-corrected chi connectivity index (χ4v) is 6.08. The minimum atomic E-state index is -0.223. The molecule has 8 nitrogen and oxygen atoms in total. The van der Waals surface area contributed by atoms with E-state index in [0.717, 1.165) is 45.8 Å². The highest BCUT2D eigenvalue weighted by molar-refractivity contribution is 7.16. The Morgan fingerprint density at radius 2 is 1.59 bits per heavy atom. The first-order valence-corrected chi connectivity index (χ1v) is 14.7. The highest BCUT2D eigenvalue weighted by Gasteiger charge is 2.26. The molecule has 2 heterocycles. The van der Waals surface area contributed by atoms with E-state index < -0.39 is 0 Å². The van der Waals surface area contributed by atoms with Crippen LogP contribution >= 0.6 is 22.9 Å². The van der Waals surface area contributed by atoms with Crippen molar-refractivity contribution in [1.29, 1.82) is 0 Å². The SMILES string of the molecule is CN(C)C(=O)c1ccc(-c2ccc(C(CN3CCOCC3)N(C)C(=O)Cn3c(=O)sc4ccc(Cl)cc43)cc2)cc1. The number of thiazole rings is 1. The molecule has 0 saturated carbocycles. The first-order chi connectivity index (χ1) is 19.7. The van der Waals surface area contributed by atoms with Crippen molar-refractivity contribution in [3.8, 4) is 11.1 Å². The highest BCUT2D eigenvalue weighted by atomic mass is 35.5. The van der Waals surface area contributed by atoms with Crippen molar-refractivity contribution >= 4 is 45.0 Å². The van der Waals surface area contributed by atoms with Crippen LogP contribution in [0.5, 0.6) is 0 Å². The maximum Gasteiger partial charge on any atom is 0.308 e. The Kier molecular flexibility index (Phi) is 8.89. The molecule has 4 aromatic rings. The number of ether oxygens (including phenoxy) is 1. The summed E-state index contributed by atoms with van der Waals surface area (Å²) in [4.78, 5) is 44.1. The number of carbonyl (C=O) groups excluding carboxylic acids is 2. The molecule has 1 aliphatic heterocycles. The van der Waals surface area contributed by atoms with E-state index >= 15 is 0 Å². The summed E-state index contributed by atoms with van der Waals surface area (Å²) in [6.07, 6.45) is 0. The standard InChI is InChI=1S/C31H33ClN4O4S/c1-33(2)30(38)24-10-6-22(7-11-24)21-4-8-23(9-5-21)27(19-35-14-16-40-17-15-35)34(3)29(37)20-36-26-18-25(32)12-13-28(26)41-31(36)39/h4-13,18,27H,14-17,19-20H2,1-3H3. The van der Waals surface area contributed by atoms with Crippen molar-refractivity contribution < 1.29 is 14.3 Å². The molecule has 5 rings (SSSR count). The third-order valence-electron chi connectivity index (χ3n) is 7.49. The fraction of sp³-hybridized carbons (Fsp3) is 0.323. The van der Waals surface area contributed by atoms with E-state index in [-0.39, 0.29) is 29.3 Å². The number of likely N-dealkylation sites (N-methyl/N-ethyl adjacent to an activating group) is 1. The molecule has 1 unspecified atom stereocenters. The molecule has 3 aromatic carbocycles. The highest BCUT2D eigenvalue weighted by Crippen LogP contribution is 2.27. The number of hydrogen-bond acceptors (Lipinski definition) is 6. The van der Waals surface area contributed by atoms with Crippen molar-refractivity contribution in [1.82, 2.24) is 19.3 Å². The molecule has 0 spiro atoms. The minimum absolute atomic E-state index is 0.0358. The van der Waals surface area contributed by atoms with Gasteiger partial charge in [0.2, 0.25) is 5.91 Å². The number of rotatable bonds is 8. The topological polar surface area (TPSA) is 75.1 Å². The summed E-state index contributed by atoms with van der Waals surface area (Å²) in [6.45, 7) is 3.49. The second-order valence-electron chi connectivity index (χ2n) is 10.4. The Bertz CT molecular complexity index is 1590. The molecule has 10 heteroatoms. The predicted molar refractivity (Wildman–Crippen MR) is 164 cm³/mol. The lowest BCUT2D eigenvalue weighted by atomic mass is 9.98. The van der Waals surface area contributed by atoms with Gasteiger partial charge in [0.15, 0.2) is 0 Å². The summed E-state index contributed by atoms with van der Waals surface area (Å²) < 4.78 is 7.84. The van der Waals surface area contributed by atoms with Gasteiger partial charge in [-0.3, -0.25) is 23.9 Å². The van der Waals surface area contributed by atoms with Crippen LogP contribution in [0, 0.1) is 0 Å². The maximum absolute atomic E-state index is 13.6. The van der Waals surface area contributed by atoms with Gasteiger partial charge in [0.05, 0.1) is 29.5 Å². The normalized spacial score (nSPS) is 14.6. The number of amides is 2. The Balaban J connectivity index is 1.39. The second-order valence-corrected chi connectivity index (χ2v) is 11.8. The molecular weight excluding hydrogens is 560 g/mol. The summed E-state index contributed by atoms with van der Waals surface area (Å²) in [5.41, 5.74) is 4.33. The summed E-state index contributed by atoms with van der Waals surface area (Å²) >= 11 is 7.30. The van der Waals surface area contributed by atoms with E-state index in [0.29, 0.717) is 35.9 Å². The third-order valence-corrected chi connectivity index (χ3v) is 8.68. The molecular formula is C31H33ClN4O4S. The third kappa shape index (κ3) is 6.54. The zero-order chi connectivity index (χ0) is 29.1. The van der Waals surface area contributed by atoms with Gasteiger partial charge in [0, 0.05) is 51.4 Å².